The van der Waals surface area contributed by atoms with E-state index in [1.807, 2.05) is 18.2 Å². The van der Waals surface area contributed by atoms with Gasteiger partial charge in [0.1, 0.15) is 17.0 Å². The fourth-order valence-electron chi connectivity index (χ4n) is 3.88. The number of para-hydroxylation sites is 1. The Morgan fingerprint density at radius 3 is 2.76 bits per heavy atom. The van der Waals surface area contributed by atoms with E-state index in [0.29, 0.717) is 33.0 Å². The summed E-state index contributed by atoms with van der Waals surface area (Å²) in [7, 11) is 1.53. The Labute approximate surface area is 197 Å². The number of amides is 1. The molecule has 0 saturated carbocycles. The number of hydrogen-bond donors (Lipinski definition) is 1. The predicted octanol–water partition coefficient (Wildman–Crippen LogP) is 2.33. The summed E-state index contributed by atoms with van der Waals surface area (Å²) >= 11 is 1.24. The predicted molar refractivity (Wildman–Crippen MR) is 127 cm³/mol. The lowest BCUT2D eigenvalue weighted by Crippen LogP contribution is -2.42. The van der Waals surface area contributed by atoms with Crippen molar-refractivity contribution in [2.45, 2.75) is 19.6 Å². The highest BCUT2D eigenvalue weighted by Gasteiger charge is 2.18. The molecule has 3 heterocycles. The average Bonchev–Trinajstić information content (AvgIpc) is 3.53. The van der Waals surface area contributed by atoms with Crippen LogP contribution in [0.1, 0.15) is 11.1 Å². The lowest BCUT2D eigenvalue weighted by Gasteiger charge is -2.14. The minimum absolute atomic E-state index is 0.0360. The van der Waals surface area contributed by atoms with E-state index in [4.69, 9.17) is 14.2 Å². The van der Waals surface area contributed by atoms with E-state index < -0.39 is 11.2 Å². The number of carbonyl (C=O) groups excluding carboxylic acids is 1. The van der Waals surface area contributed by atoms with Crippen LogP contribution in [0.4, 0.5) is 0 Å². The third-order valence-electron chi connectivity index (χ3n) is 5.59. The van der Waals surface area contributed by atoms with Crippen LogP contribution in [0.2, 0.25) is 0 Å². The number of aromatic nitrogens is 2. The van der Waals surface area contributed by atoms with Gasteiger partial charge in [0, 0.05) is 12.1 Å². The Hall–Kier alpha value is -4.05. The van der Waals surface area contributed by atoms with E-state index in [2.05, 4.69) is 5.32 Å². The molecule has 2 aromatic carbocycles. The summed E-state index contributed by atoms with van der Waals surface area (Å²) in [5.74, 6) is 1.52. The van der Waals surface area contributed by atoms with Gasteiger partial charge in [0.05, 0.1) is 19.2 Å². The zero-order valence-electron chi connectivity index (χ0n) is 18.3. The van der Waals surface area contributed by atoms with Crippen molar-refractivity contribution in [2.75, 3.05) is 13.9 Å². The monoisotopic (exact) mass is 479 g/mol. The number of nitrogens with zero attached hydrogens (tertiary/aromatic N) is 2. The second-order valence-electron chi connectivity index (χ2n) is 7.67. The van der Waals surface area contributed by atoms with E-state index in [-0.39, 0.29) is 32.3 Å². The summed E-state index contributed by atoms with van der Waals surface area (Å²) in [6, 6.07) is 14.3. The lowest BCUT2D eigenvalue weighted by molar-refractivity contribution is -0.121. The van der Waals surface area contributed by atoms with Gasteiger partial charge in [0.2, 0.25) is 12.7 Å². The Morgan fingerprint density at radius 2 is 1.91 bits per heavy atom. The summed E-state index contributed by atoms with van der Waals surface area (Å²) in [5, 5.41) is 4.56. The molecule has 1 amide bonds. The summed E-state index contributed by atoms with van der Waals surface area (Å²) in [5.41, 5.74) is 1.03. The molecule has 0 radical (unpaired) electrons. The fourth-order valence-corrected chi connectivity index (χ4v) is 4.72. The summed E-state index contributed by atoms with van der Waals surface area (Å²) in [4.78, 5) is 39.1. The summed E-state index contributed by atoms with van der Waals surface area (Å²) in [6.07, 6.45) is 0. The van der Waals surface area contributed by atoms with Gasteiger partial charge in [0.15, 0.2) is 11.5 Å². The topological polar surface area (TPSA) is 101 Å². The molecular weight excluding hydrogens is 458 g/mol. The highest BCUT2D eigenvalue weighted by Crippen LogP contribution is 2.32. The van der Waals surface area contributed by atoms with Crippen molar-refractivity contribution >= 4 is 27.5 Å². The molecule has 0 spiro atoms. The smallest absolute Gasteiger partial charge is 0.332 e. The van der Waals surface area contributed by atoms with E-state index in [9.17, 15) is 14.4 Å². The van der Waals surface area contributed by atoms with Crippen molar-refractivity contribution in [1.29, 1.82) is 0 Å². The molecule has 9 nitrogen and oxygen atoms in total. The van der Waals surface area contributed by atoms with Gasteiger partial charge in [-0.25, -0.2) is 4.79 Å². The van der Waals surface area contributed by atoms with E-state index >= 15 is 0 Å². The van der Waals surface area contributed by atoms with Crippen molar-refractivity contribution < 1.29 is 19.0 Å². The van der Waals surface area contributed by atoms with Crippen molar-refractivity contribution in [1.82, 2.24) is 14.5 Å². The number of ether oxygens (including phenoxy) is 3. The molecule has 0 saturated heterocycles. The van der Waals surface area contributed by atoms with E-state index in [1.54, 1.807) is 35.7 Å². The van der Waals surface area contributed by atoms with Crippen LogP contribution < -0.4 is 30.8 Å². The fraction of sp³-hybridized carbons (Fsp3) is 0.208. The second kappa shape index (κ2) is 9.06. The third kappa shape index (κ3) is 4.03. The first-order chi connectivity index (χ1) is 16.5. The molecule has 1 aliphatic rings. The standard InChI is InChI=1S/C24H21N3O6S/c1-31-18-5-3-2-4-16(18)12-27-23(29)22-17(8-9-34-22)26(24(27)30)13-21(28)25-11-15-6-7-19-20(10-15)33-14-32-19/h2-10H,11-14H2,1H3,(H,25,28). The molecule has 0 fully saturated rings. The molecule has 0 bridgehead atoms. The van der Waals surface area contributed by atoms with Crippen LogP contribution in [-0.2, 0) is 24.4 Å². The molecule has 0 aliphatic carbocycles. The van der Waals surface area contributed by atoms with Crippen LogP contribution in [0.15, 0.2) is 63.5 Å². The van der Waals surface area contributed by atoms with Crippen molar-refractivity contribution in [3.8, 4) is 17.2 Å². The van der Waals surface area contributed by atoms with Gasteiger partial charge >= 0.3 is 5.69 Å². The van der Waals surface area contributed by atoms with E-state index in [0.717, 1.165) is 10.1 Å². The van der Waals surface area contributed by atoms with Gasteiger partial charge in [-0.1, -0.05) is 24.3 Å². The molecule has 10 heteroatoms. The zero-order valence-corrected chi connectivity index (χ0v) is 19.1. The Bertz CT molecular complexity index is 1500. The molecule has 0 atom stereocenters. The second-order valence-corrected chi connectivity index (χ2v) is 8.59. The van der Waals surface area contributed by atoms with Gasteiger partial charge in [-0.05, 0) is 35.2 Å². The number of rotatable bonds is 7. The summed E-state index contributed by atoms with van der Waals surface area (Å²) < 4.78 is 18.9. The molecular formula is C24H21N3O6S. The van der Waals surface area contributed by atoms with Crippen molar-refractivity contribution in [3.05, 3.63) is 85.9 Å². The summed E-state index contributed by atoms with van der Waals surface area (Å²) in [6.45, 7) is 0.254. The maximum atomic E-state index is 13.3. The van der Waals surface area contributed by atoms with Gasteiger partial charge in [-0.15, -0.1) is 11.3 Å². The first-order valence-electron chi connectivity index (χ1n) is 10.5. The molecule has 1 aliphatic heterocycles. The number of carbonyl (C=O) groups is 1. The Morgan fingerprint density at radius 1 is 1.09 bits per heavy atom. The number of nitrogens with one attached hydrogen (secondary N) is 1. The normalized spacial score (nSPS) is 12.1. The third-order valence-corrected chi connectivity index (χ3v) is 6.48. The molecule has 34 heavy (non-hydrogen) atoms. The minimum atomic E-state index is -0.556. The van der Waals surface area contributed by atoms with Gasteiger partial charge in [-0.3, -0.25) is 18.7 Å². The largest absolute Gasteiger partial charge is 0.496 e. The molecule has 174 valence electrons. The number of benzene rings is 2. The number of hydrogen-bond acceptors (Lipinski definition) is 7. The maximum Gasteiger partial charge on any atom is 0.332 e. The van der Waals surface area contributed by atoms with Crippen molar-refractivity contribution in [3.63, 3.8) is 0 Å². The SMILES string of the molecule is COc1ccccc1Cn1c(=O)c2sccc2n(CC(=O)NCc2ccc3c(c2)OCO3)c1=O. The highest BCUT2D eigenvalue weighted by atomic mass is 32.1. The maximum absolute atomic E-state index is 13.3. The van der Waals surface area contributed by atoms with Crippen LogP contribution in [0.3, 0.4) is 0 Å². The minimum Gasteiger partial charge on any atom is -0.496 e. The van der Waals surface area contributed by atoms with Gasteiger partial charge in [-0.2, -0.15) is 0 Å². The van der Waals surface area contributed by atoms with Crippen LogP contribution in [0.5, 0.6) is 17.2 Å². The zero-order chi connectivity index (χ0) is 23.7. The van der Waals surface area contributed by atoms with Gasteiger partial charge < -0.3 is 19.5 Å². The number of fused-ring (bicyclic) bond motifs is 2. The Kier molecular flexibility index (Phi) is 5.81. The quantitative estimate of drug-likeness (QED) is 0.437. The first-order valence-corrected chi connectivity index (χ1v) is 11.4. The average molecular weight is 480 g/mol. The first kappa shape index (κ1) is 21.8. The van der Waals surface area contributed by atoms with Crippen molar-refractivity contribution in [2.24, 2.45) is 0 Å². The molecule has 0 unspecified atom stereocenters. The molecule has 1 N–H and O–H groups in total. The van der Waals surface area contributed by atoms with Crippen LogP contribution in [-0.4, -0.2) is 28.9 Å². The van der Waals surface area contributed by atoms with Crippen LogP contribution in [0.25, 0.3) is 10.2 Å². The lowest BCUT2D eigenvalue weighted by atomic mass is 10.2. The highest BCUT2D eigenvalue weighted by molar-refractivity contribution is 7.17. The molecule has 2 aromatic heterocycles. The van der Waals surface area contributed by atoms with Crippen LogP contribution >= 0.6 is 11.3 Å². The molecule has 4 aromatic rings. The van der Waals surface area contributed by atoms with Crippen LogP contribution in [0, 0.1) is 0 Å². The van der Waals surface area contributed by atoms with E-state index in [1.165, 1.54) is 23.0 Å². The Balaban J connectivity index is 1.41. The number of methoxy groups -OCH3 is 1. The van der Waals surface area contributed by atoms with Gasteiger partial charge in [0.25, 0.3) is 5.56 Å². The molecule has 5 rings (SSSR count). The number of thiophene rings is 1.